The van der Waals surface area contributed by atoms with E-state index in [-0.39, 0.29) is 11.4 Å². The molecule has 1 aliphatic heterocycles. The van der Waals surface area contributed by atoms with Crippen molar-refractivity contribution in [1.29, 1.82) is 0 Å². The number of carbonyl (C=O) groups excluding carboxylic acids is 1. The van der Waals surface area contributed by atoms with E-state index in [1.807, 2.05) is 42.5 Å². The van der Waals surface area contributed by atoms with Gasteiger partial charge in [-0.1, -0.05) is 36.4 Å². The lowest BCUT2D eigenvalue weighted by Crippen LogP contribution is -2.26. The summed E-state index contributed by atoms with van der Waals surface area (Å²) in [5.41, 5.74) is 9.62. The molecular weight excluding hydrogens is 440 g/mol. The number of ether oxygens (including phenoxy) is 3. The van der Waals surface area contributed by atoms with Gasteiger partial charge >= 0.3 is 5.97 Å². The Balaban J connectivity index is 1.81. The fraction of sp³-hybridized carbons (Fsp3) is 0.208. The summed E-state index contributed by atoms with van der Waals surface area (Å²) in [5.74, 6) is 0.883. The lowest BCUT2D eigenvalue weighted by molar-refractivity contribution is -0.140. The summed E-state index contributed by atoms with van der Waals surface area (Å²) in [6.45, 7) is 1.94. The van der Waals surface area contributed by atoms with Crippen LogP contribution < -0.4 is 20.5 Å². The lowest BCUT2D eigenvalue weighted by Gasteiger charge is -2.30. The number of nitrogens with two attached hydrogens (primary N) is 1. The molecule has 0 bridgehead atoms. The zero-order chi connectivity index (χ0) is 23.5. The Labute approximate surface area is 196 Å². The first kappa shape index (κ1) is 22.3. The number of hydrogen-bond acceptors (Lipinski definition) is 8. The van der Waals surface area contributed by atoms with Gasteiger partial charge in [-0.15, -0.1) is 0 Å². The molecule has 1 aromatic heterocycles. The summed E-state index contributed by atoms with van der Waals surface area (Å²) >= 11 is 5.20. The van der Waals surface area contributed by atoms with Crippen LogP contribution in [0.1, 0.15) is 29.5 Å². The molecule has 2 heterocycles. The number of benzene rings is 2. The molecule has 2 aromatic carbocycles. The Morgan fingerprint density at radius 3 is 2.55 bits per heavy atom. The number of hydrogen-bond donors (Lipinski definition) is 3. The van der Waals surface area contributed by atoms with E-state index in [9.17, 15) is 4.79 Å². The number of carbonyl (C=O) groups is 1. The predicted octanol–water partition coefficient (Wildman–Crippen LogP) is 4.31. The topological polar surface area (TPSA) is 111 Å². The fourth-order valence-electron chi connectivity index (χ4n) is 3.93. The SMILES string of the molecule is COc1ccc(C2C(C(=O)OCc3ccccc3)=C(C)Nc3nc(=S)[nH]c(N)c32)cc1OC. The standard InChI is InChI=1S/C24H24N4O4S/c1-13-18(23(29)32-12-14-7-5-4-6-8-14)19(15-9-10-16(30-2)17(11-15)31-3)20-21(25)27-24(33)28-22(20)26-13/h4-11,19H,12H2,1-3H3,(H4,25,26,27,28,33). The highest BCUT2D eigenvalue weighted by Gasteiger charge is 2.36. The van der Waals surface area contributed by atoms with Crippen molar-refractivity contribution in [1.82, 2.24) is 9.97 Å². The van der Waals surface area contributed by atoms with Crippen LogP contribution in [-0.4, -0.2) is 30.2 Å². The van der Waals surface area contributed by atoms with Crippen LogP contribution in [0.15, 0.2) is 59.8 Å². The average Bonchev–Trinajstić information content (AvgIpc) is 2.81. The molecule has 0 radical (unpaired) electrons. The van der Waals surface area contributed by atoms with Crippen molar-refractivity contribution in [2.75, 3.05) is 25.3 Å². The van der Waals surface area contributed by atoms with E-state index in [0.717, 1.165) is 11.1 Å². The number of H-pyrrole nitrogens is 1. The molecule has 3 aromatic rings. The van der Waals surface area contributed by atoms with Crippen molar-refractivity contribution < 1.29 is 19.0 Å². The summed E-state index contributed by atoms with van der Waals surface area (Å²) in [7, 11) is 3.12. The van der Waals surface area contributed by atoms with Crippen LogP contribution in [-0.2, 0) is 16.1 Å². The smallest absolute Gasteiger partial charge is 0.337 e. The maximum Gasteiger partial charge on any atom is 0.337 e. The van der Waals surface area contributed by atoms with E-state index < -0.39 is 11.9 Å². The Morgan fingerprint density at radius 1 is 1.12 bits per heavy atom. The minimum absolute atomic E-state index is 0.146. The van der Waals surface area contributed by atoms with Crippen molar-refractivity contribution in [2.45, 2.75) is 19.4 Å². The van der Waals surface area contributed by atoms with E-state index in [4.69, 9.17) is 32.2 Å². The number of nitrogens with one attached hydrogen (secondary N) is 2. The number of nitrogen functional groups attached to an aromatic ring is 1. The number of rotatable bonds is 6. The van der Waals surface area contributed by atoms with E-state index in [2.05, 4.69) is 15.3 Å². The third kappa shape index (κ3) is 4.40. The Morgan fingerprint density at radius 2 is 1.85 bits per heavy atom. The van der Waals surface area contributed by atoms with Gasteiger partial charge in [0.2, 0.25) is 0 Å². The van der Waals surface area contributed by atoms with Crippen LogP contribution in [0, 0.1) is 4.77 Å². The first-order valence-electron chi connectivity index (χ1n) is 10.2. The molecule has 33 heavy (non-hydrogen) atoms. The number of esters is 1. The van der Waals surface area contributed by atoms with Gasteiger partial charge in [0.05, 0.1) is 25.7 Å². The van der Waals surface area contributed by atoms with E-state index in [0.29, 0.717) is 40.0 Å². The summed E-state index contributed by atoms with van der Waals surface area (Å²) in [6.07, 6.45) is 0. The largest absolute Gasteiger partial charge is 0.493 e. The monoisotopic (exact) mass is 464 g/mol. The van der Waals surface area contributed by atoms with Gasteiger partial charge in [-0.2, -0.15) is 0 Å². The molecule has 0 aliphatic carbocycles. The maximum absolute atomic E-state index is 13.4. The molecular formula is C24H24N4O4S. The van der Waals surface area contributed by atoms with E-state index in [1.54, 1.807) is 27.2 Å². The number of methoxy groups -OCH3 is 2. The van der Waals surface area contributed by atoms with Gasteiger partial charge < -0.3 is 30.2 Å². The molecule has 0 amide bonds. The molecule has 9 heteroatoms. The highest BCUT2D eigenvalue weighted by Crippen LogP contribution is 2.45. The molecule has 1 atom stereocenters. The van der Waals surface area contributed by atoms with Crippen molar-refractivity contribution >= 4 is 29.8 Å². The molecule has 1 unspecified atom stereocenters. The van der Waals surface area contributed by atoms with Crippen LogP contribution in [0.2, 0.25) is 0 Å². The average molecular weight is 465 g/mol. The fourth-order valence-corrected chi connectivity index (χ4v) is 4.13. The lowest BCUT2D eigenvalue weighted by atomic mass is 9.81. The third-order valence-corrected chi connectivity index (χ3v) is 5.65. The van der Waals surface area contributed by atoms with Gasteiger partial charge in [0, 0.05) is 11.3 Å². The van der Waals surface area contributed by atoms with Crippen molar-refractivity contribution in [3.05, 3.63) is 81.3 Å². The summed E-state index contributed by atoms with van der Waals surface area (Å²) in [5, 5.41) is 3.17. The first-order chi connectivity index (χ1) is 15.9. The zero-order valence-electron chi connectivity index (χ0n) is 18.5. The second-order valence-electron chi connectivity index (χ2n) is 7.49. The van der Waals surface area contributed by atoms with Crippen LogP contribution in [0.3, 0.4) is 0 Å². The van der Waals surface area contributed by atoms with Gasteiger partial charge in [-0.25, -0.2) is 9.78 Å². The first-order valence-corrected chi connectivity index (χ1v) is 10.6. The maximum atomic E-state index is 13.4. The zero-order valence-corrected chi connectivity index (χ0v) is 19.3. The third-order valence-electron chi connectivity index (χ3n) is 5.46. The number of allylic oxidation sites excluding steroid dienone is 1. The number of nitrogens with zero attached hydrogens (tertiary/aromatic N) is 1. The van der Waals surface area contributed by atoms with Crippen LogP contribution in [0.25, 0.3) is 0 Å². The van der Waals surface area contributed by atoms with Crippen LogP contribution >= 0.6 is 12.2 Å². The van der Waals surface area contributed by atoms with Crippen LogP contribution in [0.4, 0.5) is 11.6 Å². The minimum Gasteiger partial charge on any atom is -0.493 e. The predicted molar refractivity (Wildman–Crippen MR) is 128 cm³/mol. The number of anilines is 2. The molecule has 8 nitrogen and oxygen atoms in total. The molecule has 170 valence electrons. The number of aromatic amines is 1. The normalized spacial score (nSPS) is 14.8. The highest BCUT2D eigenvalue weighted by molar-refractivity contribution is 7.71. The van der Waals surface area contributed by atoms with Crippen molar-refractivity contribution in [3.63, 3.8) is 0 Å². The molecule has 0 saturated heterocycles. The van der Waals surface area contributed by atoms with Gasteiger partial charge in [-0.05, 0) is 42.4 Å². The molecule has 1 aliphatic rings. The van der Waals surface area contributed by atoms with Crippen molar-refractivity contribution in [2.24, 2.45) is 0 Å². The Bertz CT molecular complexity index is 1290. The molecule has 4 rings (SSSR count). The van der Waals surface area contributed by atoms with Crippen LogP contribution in [0.5, 0.6) is 11.5 Å². The number of aromatic nitrogens is 2. The second kappa shape index (κ2) is 9.33. The molecule has 0 spiro atoms. The Hall–Kier alpha value is -3.85. The molecule has 0 fully saturated rings. The highest BCUT2D eigenvalue weighted by atomic mass is 32.1. The van der Waals surface area contributed by atoms with Gasteiger partial charge in [0.25, 0.3) is 0 Å². The van der Waals surface area contributed by atoms with Gasteiger partial charge in [0.15, 0.2) is 16.3 Å². The molecule has 4 N–H and O–H groups in total. The number of fused-ring (bicyclic) bond motifs is 1. The quantitative estimate of drug-likeness (QED) is 0.365. The van der Waals surface area contributed by atoms with E-state index in [1.165, 1.54) is 0 Å². The second-order valence-corrected chi connectivity index (χ2v) is 7.88. The van der Waals surface area contributed by atoms with Crippen molar-refractivity contribution in [3.8, 4) is 11.5 Å². The van der Waals surface area contributed by atoms with Gasteiger partial charge in [0.1, 0.15) is 18.2 Å². The summed E-state index contributed by atoms with van der Waals surface area (Å²) in [6, 6.07) is 15.0. The summed E-state index contributed by atoms with van der Waals surface area (Å²) in [4.78, 5) is 20.6. The van der Waals surface area contributed by atoms with E-state index >= 15 is 0 Å². The summed E-state index contributed by atoms with van der Waals surface area (Å²) < 4.78 is 16.8. The minimum atomic E-state index is -0.566. The molecule has 0 saturated carbocycles. The van der Waals surface area contributed by atoms with Gasteiger partial charge in [-0.3, -0.25) is 0 Å². The Kier molecular flexibility index (Phi) is 6.32.